The second-order valence-electron chi connectivity index (χ2n) is 4.31. The molecule has 2 saturated heterocycles. The van der Waals surface area contributed by atoms with Crippen molar-refractivity contribution < 1.29 is 14.6 Å². The topological polar surface area (TPSA) is 49.8 Å². The number of hydrogen-bond donors (Lipinski definition) is 1. The third-order valence-electron chi connectivity index (χ3n) is 3.16. The average Bonchev–Trinajstić information content (AvgIpc) is 2.85. The van der Waals surface area contributed by atoms with E-state index >= 15 is 0 Å². The molecule has 1 N–H and O–H groups in total. The first-order valence-corrected chi connectivity index (χ1v) is 6.27. The van der Waals surface area contributed by atoms with Crippen molar-refractivity contribution in [3.05, 3.63) is 17.0 Å². The van der Waals surface area contributed by atoms with Crippen LogP contribution in [0.3, 0.4) is 0 Å². The van der Waals surface area contributed by atoms with Crippen molar-refractivity contribution in [1.29, 1.82) is 0 Å². The maximum Gasteiger partial charge on any atom is 0.345 e. The molecule has 1 aromatic heterocycles. The van der Waals surface area contributed by atoms with Crippen LogP contribution in [0.4, 0.5) is 5.00 Å². The summed E-state index contributed by atoms with van der Waals surface area (Å²) in [5.41, 5.74) is 0. The summed E-state index contributed by atoms with van der Waals surface area (Å²) >= 11 is 1.35. The lowest BCUT2D eigenvalue weighted by atomic mass is 10.2. The Morgan fingerprint density at radius 3 is 2.62 bits per heavy atom. The van der Waals surface area contributed by atoms with Crippen LogP contribution in [0.2, 0.25) is 0 Å². The second-order valence-corrected chi connectivity index (χ2v) is 5.37. The lowest BCUT2D eigenvalue weighted by Gasteiger charge is -2.32. The number of anilines is 1. The van der Waals surface area contributed by atoms with E-state index in [1.807, 2.05) is 6.07 Å². The molecule has 2 fully saturated rings. The largest absolute Gasteiger partial charge is 0.477 e. The van der Waals surface area contributed by atoms with Crippen LogP contribution in [-0.2, 0) is 4.74 Å². The first kappa shape index (κ1) is 10.1. The third kappa shape index (κ3) is 1.70. The van der Waals surface area contributed by atoms with Gasteiger partial charge in [0.05, 0.1) is 17.2 Å². The van der Waals surface area contributed by atoms with Crippen LogP contribution < -0.4 is 4.90 Å². The van der Waals surface area contributed by atoms with E-state index in [1.54, 1.807) is 6.07 Å². The zero-order valence-corrected chi connectivity index (χ0v) is 9.57. The van der Waals surface area contributed by atoms with Crippen LogP contribution in [0, 0.1) is 0 Å². The van der Waals surface area contributed by atoms with Crippen LogP contribution in [0.15, 0.2) is 12.1 Å². The summed E-state index contributed by atoms with van der Waals surface area (Å²) in [6, 6.07) is 3.58. The third-order valence-corrected chi connectivity index (χ3v) is 4.29. The fourth-order valence-electron chi connectivity index (χ4n) is 2.41. The number of morpholine rings is 1. The summed E-state index contributed by atoms with van der Waals surface area (Å²) in [6.07, 6.45) is 2.96. The van der Waals surface area contributed by atoms with Gasteiger partial charge in [-0.25, -0.2) is 4.79 Å². The standard InChI is InChI=1S/C11H13NO3S/c13-11(14)9-3-4-10(16-9)12-5-7-1-2-8(6-12)15-7/h3-4,7-8H,1-2,5-6H2,(H,13,14). The van der Waals surface area contributed by atoms with E-state index in [9.17, 15) is 4.79 Å². The fourth-order valence-corrected chi connectivity index (χ4v) is 3.27. The Balaban J connectivity index is 1.79. The summed E-state index contributed by atoms with van der Waals surface area (Å²) in [5.74, 6) is -0.840. The van der Waals surface area contributed by atoms with Gasteiger partial charge >= 0.3 is 5.97 Å². The number of rotatable bonds is 2. The Bertz CT molecular complexity index is 405. The van der Waals surface area contributed by atoms with Gasteiger partial charge in [-0.05, 0) is 25.0 Å². The van der Waals surface area contributed by atoms with Crippen molar-refractivity contribution in [3.8, 4) is 0 Å². The molecule has 0 radical (unpaired) electrons. The molecule has 3 rings (SSSR count). The van der Waals surface area contributed by atoms with Gasteiger partial charge in [-0.3, -0.25) is 0 Å². The van der Waals surface area contributed by atoms with Gasteiger partial charge in [0.15, 0.2) is 0 Å². The van der Waals surface area contributed by atoms with Gasteiger partial charge < -0.3 is 14.7 Å². The monoisotopic (exact) mass is 239 g/mol. The molecule has 2 aliphatic heterocycles. The fraction of sp³-hybridized carbons (Fsp3) is 0.545. The lowest BCUT2D eigenvalue weighted by molar-refractivity contribution is 0.0307. The highest BCUT2D eigenvalue weighted by Gasteiger charge is 2.34. The van der Waals surface area contributed by atoms with Crippen LogP contribution in [-0.4, -0.2) is 36.4 Å². The first-order valence-electron chi connectivity index (χ1n) is 5.46. The second kappa shape index (κ2) is 3.75. The first-order chi connectivity index (χ1) is 7.72. The van der Waals surface area contributed by atoms with Gasteiger partial charge in [-0.2, -0.15) is 0 Å². The number of fused-ring (bicyclic) bond motifs is 2. The number of ether oxygens (including phenoxy) is 1. The van der Waals surface area contributed by atoms with Crippen LogP contribution in [0.5, 0.6) is 0 Å². The molecular formula is C11H13NO3S. The highest BCUT2D eigenvalue weighted by Crippen LogP contribution is 2.33. The number of hydrogen-bond acceptors (Lipinski definition) is 4. The van der Waals surface area contributed by atoms with Crippen LogP contribution in [0.1, 0.15) is 22.5 Å². The molecule has 0 saturated carbocycles. The Labute approximate surface area is 97.4 Å². The molecule has 2 atom stereocenters. The quantitative estimate of drug-likeness (QED) is 0.855. The Kier molecular flexibility index (Phi) is 2.37. The van der Waals surface area contributed by atoms with Crippen LogP contribution in [0.25, 0.3) is 0 Å². The smallest absolute Gasteiger partial charge is 0.345 e. The summed E-state index contributed by atoms with van der Waals surface area (Å²) in [7, 11) is 0. The molecule has 0 amide bonds. The van der Waals surface area contributed by atoms with E-state index < -0.39 is 5.97 Å². The summed E-state index contributed by atoms with van der Waals surface area (Å²) in [6.45, 7) is 1.80. The molecule has 2 unspecified atom stereocenters. The maximum atomic E-state index is 10.8. The minimum Gasteiger partial charge on any atom is -0.477 e. The molecular weight excluding hydrogens is 226 g/mol. The highest BCUT2D eigenvalue weighted by molar-refractivity contribution is 7.17. The van der Waals surface area contributed by atoms with Crippen molar-refractivity contribution in [2.75, 3.05) is 18.0 Å². The minimum atomic E-state index is -0.840. The molecule has 3 heterocycles. The molecule has 1 aromatic rings. The van der Waals surface area contributed by atoms with E-state index in [4.69, 9.17) is 9.84 Å². The highest BCUT2D eigenvalue weighted by atomic mass is 32.1. The Hall–Kier alpha value is -1.07. The van der Waals surface area contributed by atoms with Crippen molar-refractivity contribution in [1.82, 2.24) is 0 Å². The molecule has 2 bridgehead atoms. The Morgan fingerprint density at radius 1 is 1.38 bits per heavy atom. The van der Waals surface area contributed by atoms with Crippen LogP contribution >= 0.6 is 11.3 Å². The number of nitrogens with zero attached hydrogens (tertiary/aromatic N) is 1. The summed E-state index contributed by atoms with van der Waals surface area (Å²) < 4.78 is 5.75. The molecule has 16 heavy (non-hydrogen) atoms. The van der Waals surface area contributed by atoms with E-state index in [0.29, 0.717) is 17.1 Å². The van der Waals surface area contributed by atoms with Crippen molar-refractivity contribution in [2.24, 2.45) is 0 Å². The van der Waals surface area contributed by atoms with Gasteiger partial charge in [-0.15, -0.1) is 11.3 Å². The number of carbonyl (C=O) groups is 1. The summed E-state index contributed by atoms with van der Waals surface area (Å²) in [5, 5.41) is 9.93. The van der Waals surface area contributed by atoms with Crippen molar-refractivity contribution in [3.63, 3.8) is 0 Å². The average molecular weight is 239 g/mol. The van der Waals surface area contributed by atoms with E-state index in [-0.39, 0.29) is 0 Å². The SMILES string of the molecule is O=C(O)c1ccc(N2CC3CCC(C2)O3)s1. The number of aromatic carboxylic acids is 1. The van der Waals surface area contributed by atoms with Gasteiger partial charge in [0, 0.05) is 13.1 Å². The zero-order chi connectivity index (χ0) is 11.1. The Morgan fingerprint density at radius 2 is 2.06 bits per heavy atom. The zero-order valence-electron chi connectivity index (χ0n) is 8.76. The molecule has 86 valence electrons. The van der Waals surface area contributed by atoms with Crippen molar-refractivity contribution >= 4 is 22.3 Å². The maximum absolute atomic E-state index is 10.8. The van der Waals surface area contributed by atoms with Gasteiger partial charge in [0.25, 0.3) is 0 Å². The predicted molar refractivity (Wildman–Crippen MR) is 61.4 cm³/mol. The van der Waals surface area contributed by atoms with E-state index in [0.717, 1.165) is 30.9 Å². The van der Waals surface area contributed by atoms with Gasteiger partial charge in [0.1, 0.15) is 4.88 Å². The van der Waals surface area contributed by atoms with Gasteiger partial charge in [0.2, 0.25) is 0 Å². The molecule has 0 spiro atoms. The van der Waals surface area contributed by atoms with E-state index in [1.165, 1.54) is 11.3 Å². The number of carboxylic acids is 1. The lowest BCUT2D eigenvalue weighted by Crippen LogP contribution is -2.42. The number of carboxylic acid groups (broad SMARTS) is 1. The van der Waals surface area contributed by atoms with Gasteiger partial charge in [-0.1, -0.05) is 0 Å². The predicted octanol–water partition coefficient (Wildman–Crippen LogP) is 1.81. The molecule has 4 nitrogen and oxygen atoms in total. The molecule has 0 aliphatic carbocycles. The summed E-state index contributed by atoms with van der Waals surface area (Å²) in [4.78, 5) is 13.5. The molecule has 0 aromatic carbocycles. The molecule has 2 aliphatic rings. The van der Waals surface area contributed by atoms with Crippen molar-refractivity contribution in [2.45, 2.75) is 25.0 Å². The minimum absolute atomic E-state index is 0.342. The van der Waals surface area contributed by atoms with E-state index in [2.05, 4.69) is 4.90 Å². The normalized spacial score (nSPS) is 28.4. The molecule has 5 heteroatoms. The number of thiophene rings is 1.